The SMILES string of the molecule is NC(=S)c1ccc(NC23CC4CC(CC(C4)C2)C3)cc1Cl. The van der Waals surface area contributed by atoms with Gasteiger partial charge in [-0.2, -0.15) is 0 Å². The molecular weight excluding hydrogens is 300 g/mol. The third-order valence-electron chi connectivity index (χ3n) is 5.68. The van der Waals surface area contributed by atoms with Gasteiger partial charge < -0.3 is 11.1 Å². The van der Waals surface area contributed by atoms with Gasteiger partial charge in [0.25, 0.3) is 0 Å². The monoisotopic (exact) mass is 320 g/mol. The number of halogens is 1. The zero-order valence-electron chi connectivity index (χ0n) is 12.1. The average Bonchev–Trinajstić information content (AvgIpc) is 2.35. The van der Waals surface area contributed by atoms with E-state index in [9.17, 15) is 0 Å². The van der Waals surface area contributed by atoms with Crippen LogP contribution in [0.25, 0.3) is 0 Å². The van der Waals surface area contributed by atoms with Crippen LogP contribution in [-0.4, -0.2) is 10.5 Å². The van der Waals surface area contributed by atoms with E-state index in [4.69, 9.17) is 29.6 Å². The number of rotatable bonds is 3. The van der Waals surface area contributed by atoms with E-state index in [0.29, 0.717) is 15.6 Å². The largest absolute Gasteiger partial charge is 0.389 e. The van der Waals surface area contributed by atoms with E-state index in [-0.39, 0.29) is 0 Å². The second kappa shape index (κ2) is 4.85. The molecule has 2 nitrogen and oxygen atoms in total. The first kappa shape index (κ1) is 13.8. The van der Waals surface area contributed by atoms with Gasteiger partial charge >= 0.3 is 0 Å². The lowest BCUT2D eigenvalue weighted by molar-refractivity contribution is 0.0107. The molecule has 4 aliphatic rings. The van der Waals surface area contributed by atoms with Crippen molar-refractivity contribution in [2.75, 3.05) is 5.32 Å². The Bertz CT molecular complexity index is 563. The van der Waals surface area contributed by atoms with Crippen molar-refractivity contribution in [3.8, 4) is 0 Å². The molecule has 0 unspecified atom stereocenters. The fraction of sp³-hybridized carbons (Fsp3) is 0.588. The van der Waals surface area contributed by atoms with E-state index in [1.807, 2.05) is 12.1 Å². The van der Waals surface area contributed by atoms with Crippen molar-refractivity contribution < 1.29 is 0 Å². The summed E-state index contributed by atoms with van der Waals surface area (Å²) in [7, 11) is 0. The molecule has 112 valence electrons. The highest BCUT2D eigenvalue weighted by Gasteiger charge is 2.50. The average molecular weight is 321 g/mol. The number of benzene rings is 1. The predicted molar refractivity (Wildman–Crippen MR) is 91.9 cm³/mol. The van der Waals surface area contributed by atoms with Gasteiger partial charge in [0.1, 0.15) is 4.99 Å². The lowest BCUT2D eigenvalue weighted by Gasteiger charge is -2.57. The van der Waals surface area contributed by atoms with E-state index in [0.717, 1.165) is 29.0 Å². The Morgan fingerprint density at radius 1 is 1.14 bits per heavy atom. The second-order valence-electron chi connectivity index (χ2n) is 7.38. The van der Waals surface area contributed by atoms with Crippen LogP contribution in [0, 0.1) is 17.8 Å². The van der Waals surface area contributed by atoms with Crippen LogP contribution in [0.2, 0.25) is 5.02 Å². The molecule has 0 spiro atoms. The van der Waals surface area contributed by atoms with Crippen LogP contribution < -0.4 is 11.1 Å². The van der Waals surface area contributed by atoms with Gasteiger partial charge in [0.05, 0.1) is 5.02 Å². The molecule has 0 heterocycles. The Morgan fingerprint density at radius 3 is 2.19 bits per heavy atom. The molecule has 4 aliphatic carbocycles. The van der Waals surface area contributed by atoms with E-state index in [1.165, 1.54) is 38.5 Å². The normalized spacial score (nSPS) is 36.7. The van der Waals surface area contributed by atoms with Crippen LogP contribution in [0.5, 0.6) is 0 Å². The molecule has 1 aromatic carbocycles. The van der Waals surface area contributed by atoms with Gasteiger partial charge in [-0.15, -0.1) is 0 Å². The molecule has 4 fully saturated rings. The summed E-state index contributed by atoms with van der Waals surface area (Å²) in [5.74, 6) is 2.82. The molecule has 0 aromatic heterocycles. The Morgan fingerprint density at radius 2 is 1.71 bits per heavy atom. The molecular formula is C17H21ClN2S. The molecule has 0 radical (unpaired) electrons. The minimum absolute atomic E-state index is 0.308. The summed E-state index contributed by atoms with van der Waals surface area (Å²) in [4.78, 5) is 0.362. The van der Waals surface area contributed by atoms with Crippen LogP contribution in [0.1, 0.15) is 44.1 Å². The molecule has 0 amide bonds. The number of nitrogens with one attached hydrogen (secondary N) is 1. The van der Waals surface area contributed by atoms with Crippen molar-refractivity contribution in [1.82, 2.24) is 0 Å². The smallest absolute Gasteiger partial charge is 0.105 e. The van der Waals surface area contributed by atoms with Crippen molar-refractivity contribution in [2.45, 2.75) is 44.1 Å². The summed E-state index contributed by atoms with van der Waals surface area (Å²) >= 11 is 11.3. The minimum atomic E-state index is 0.308. The zero-order chi connectivity index (χ0) is 14.6. The number of hydrogen-bond acceptors (Lipinski definition) is 2. The first-order valence-corrected chi connectivity index (χ1v) is 8.69. The maximum atomic E-state index is 6.30. The molecule has 4 bridgehead atoms. The summed E-state index contributed by atoms with van der Waals surface area (Å²) in [6.45, 7) is 0. The molecule has 4 saturated carbocycles. The Balaban J connectivity index is 1.58. The summed E-state index contributed by atoms with van der Waals surface area (Å²) in [6.07, 6.45) is 8.36. The molecule has 0 atom stereocenters. The highest BCUT2D eigenvalue weighted by Crippen LogP contribution is 2.56. The van der Waals surface area contributed by atoms with Gasteiger partial charge in [-0.05, 0) is 74.5 Å². The Labute approximate surface area is 136 Å². The Kier molecular flexibility index (Phi) is 3.20. The van der Waals surface area contributed by atoms with Crippen LogP contribution in [0.3, 0.4) is 0 Å². The van der Waals surface area contributed by atoms with Gasteiger partial charge in [-0.25, -0.2) is 0 Å². The van der Waals surface area contributed by atoms with Gasteiger partial charge in [0.15, 0.2) is 0 Å². The fourth-order valence-corrected chi connectivity index (χ4v) is 5.88. The van der Waals surface area contributed by atoms with Crippen LogP contribution in [0.15, 0.2) is 18.2 Å². The second-order valence-corrected chi connectivity index (χ2v) is 8.23. The maximum Gasteiger partial charge on any atom is 0.105 e. The van der Waals surface area contributed by atoms with E-state index >= 15 is 0 Å². The van der Waals surface area contributed by atoms with Crippen molar-refractivity contribution >= 4 is 34.5 Å². The van der Waals surface area contributed by atoms with Gasteiger partial charge in [0.2, 0.25) is 0 Å². The van der Waals surface area contributed by atoms with Gasteiger partial charge in [0, 0.05) is 16.8 Å². The third-order valence-corrected chi connectivity index (χ3v) is 6.21. The predicted octanol–water partition coefficient (Wildman–Crippen LogP) is 4.35. The first-order chi connectivity index (χ1) is 10.0. The third kappa shape index (κ3) is 2.44. The van der Waals surface area contributed by atoms with Crippen LogP contribution >= 0.6 is 23.8 Å². The lowest BCUT2D eigenvalue weighted by atomic mass is 9.53. The van der Waals surface area contributed by atoms with Crippen molar-refractivity contribution in [3.05, 3.63) is 28.8 Å². The summed E-state index contributed by atoms with van der Waals surface area (Å²) in [5, 5.41) is 4.48. The number of nitrogens with two attached hydrogens (primary N) is 1. The molecule has 21 heavy (non-hydrogen) atoms. The van der Waals surface area contributed by atoms with Gasteiger partial charge in [-0.1, -0.05) is 23.8 Å². The van der Waals surface area contributed by atoms with Crippen LogP contribution in [-0.2, 0) is 0 Å². The minimum Gasteiger partial charge on any atom is -0.389 e. The standard InChI is InChI=1S/C17H21ClN2S/c18-15-6-13(1-2-14(15)16(19)21)20-17-7-10-3-11(8-17)5-12(4-10)9-17/h1-2,6,10-12,20H,3-5,7-9H2,(H2,19,21). The summed E-state index contributed by atoms with van der Waals surface area (Å²) in [5.41, 5.74) is 7.87. The molecule has 0 saturated heterocycles. The van der Waals surface area contributed by atoms with E-state index in [2.05, 4.69) is 11.4 Å². The summed E-state index contributed by atoms with van der Waals surface area (Å²) < 4.78 is 0. The molecule has 1 aromatic rings. The van der Waals surface area contributed by atoms with E-state index in [1.54, 1.807) is 0 Å². The highest BCUT2D eigenvalue weighted by atomic mass is 35.5. The van der Waals surface area contributed by atoms with Crippen molar-refractivity contribution in [2.24, 2.45) is 23.5 Å². The quantitative estimate of drug-likeness (QED) is 0.813. The maximum absolute atomic E-state index is 6.30. The molecule has 5 rings (SSSR count). The molecule has 4 heteroatoms. The fourth-order valence-electron chi connectivity index (χ4n) is 5.36. The molecule has 3 N–H and O–H groups in total. The van der Waals surface area contributed by atoms with Crippen molar-refractivity contribution in [1.29, 1.82) is 0 Å². The van der Waals surface area contributed by atoms with Crippen molar-refractivity contribution in [3.63, 3.8) is 0 Å². The summed E-state index contributed by atoms with van der Waals surface area (Å²) in [6, 6.07) is 5.99. The van der Waals surface area contributed by atoms with E-state index < -0.39 is 0 Å². The topological polar surface area (TPSA) is 38.0 Å². The Hall–Kier alpha value is -0.800. The van der Waals surface area contributed by atoms with Crippen LogP contribution in [0.4, 0.5) is 5.69 Å². The number of thiocarbonyl (C=S) groups is 1. The lowest BCUT2D eigenvalue weighted by Crippen LogP contribution is -2.54. The zero-order valence-corrected chi connectivity index (χ0v) is 13.6. The first-order valence-electron chi connectivity index (χ1n) is 7.90. The van der Waals surface area contributed by atoms with Gasteiger partial charge in [-0.3, -0.25) is 0 Å². The number of hydrogen-bond donors (Lipinski definition) is 2. The number of anilines is 1. The highest BCUT2D eigenvalue weighted by molar-refractivity contribution is 7.80. The molecule has 0 aliphatic heterocycles.